The Kier molecular flexibility index (Phi) is 9.03. The molecule has 2 aromatic rings. The second-order valence-electron chi connectivity index (χ2n) is 6.04. The van der Waals surface area contributed by atoms with Crippen molar-refractivity contribution < 1.29 is 14.0 Å². The molecule has 1 aromatic heterocycles. The van der Waals surface area contributed by atoms with E-state index in [9.17, 15) is 0 Å². The molecule has 0 aliphatic carbocycles. The number of aliphatic imine (C=N–C) groups is 1. The zero-order valence-electron chi connectivity index (χ0n) is 16.8. The average Bonchev–Trinajstić information content (AvgIpc) is 3.14. The summed E-state index contributed by atoms with van der Waals surface area (Å²) in [5.41, 5.74) is 0. The van der Waals surface area contributed by atoms with Crippen LogP contribution in [-0.2, 0) is 11.3 Å². The first-order valence-electron chi connectivity index (χ1n) is 9.35. The molecule has 1 N–H and O–H groups in total. The molecule has 9 heteroatoms. The summed E-state index contributed by atoms with van der Waals surface area (Å²) in [4.78, 5) is 10.9. The lowest BCUT2D eigenvalue weighted by molar-refractivity contribution is 0.0683. The summed E-state index contributed by atoms with van der Waals surface area (Å²) >= 11 is 5.97. The number of benzene rings is 1. The van der Waals surface area contributed by atoms with E-state index in [0.717, 1.165) is 18.3 Å². The Balaban J connectivity index is 1.89. The van der Waals surface area contributed by atoms with Crippen LogP contribution in [-0.4, -0.2) is 54.4 Å². The molecule has 28 heavy (non-hydrogen) atoms. The van der Waals surface area contributed by atoms with Gasteiger partial charge in [0.25, 0.3) is 0 Å². The summed E-state index contributed by atoms with van der Waals surface area (Å²) in [6.45, 7) is 8.60. The molecular weight excluding hydrogens is 382 g/mol. The first kappa shape index (κ1) is 22.0. The summed E-state index contributed by atoms with van der Waals surface area (Å²) < 4.78 is 16.5. The maximum atomic E-state index is 5.97. The van der Waals surface area contributed by atoms with E-state index < -0.39 is 0 Å². The summed E-state index contributed by atoms with van der Waals surface area (Å²) in [7, 11) is 1.94. The lowest BCUT2D eigenvalue weighted by Gasteiger charge is -2.22. The van der Waals surface area contributed by atoms with Gasteiger partial charge < -0.3 is 24.2 Å². The van der Waals surface area contributed by atoms with Crippen LogP contribution in [0.2, 0.25) is 5.02 Å². The van der Waals surface area contributed by atoms with Crippen molar-refractivity contribution in [2.75, 3.05) is 33.4 Å². The molecule has 154 valence electrons. The molecule has 1 heterocycles. The molecule has 0 fully saturated rings. The van der Waals surface area contributed by atoms with E-state index in [1.54, 1.807) is 6.07 Å². The topological polar surface area (TPSA) is 85.0 Å². The van der Waals surface area contributed by atoms with Crippen molar-refractivity contribution in [1.29, 1.82) is 0 Å². The summed E-state index contributed by atoms with van der Waals surface area (Å²) in [6, 6.07) is 7.34. The van der Waals surface area contributed by atoms with Crippen LogP contribution in [0.4, 0.5) is 0 Å². The van der Waals surface area contributed by atoms with E-state index in [4.69, 9.17) is 25.6 Å². The van der Waals surface area contributed by atoms with E-state index in [0.29, 0.717) is 36.5 Å². The van der Waals surface area contributed by atoms with Gasteiger partial charge in [-0.3, -0.25) is 0 Å². The molecule has 1 unspecified atom stereocenters. The smallest absolute Gasteiger partial charge is 0.248 e. The molecule has 0 radical (unpaired) electrons. The lowest BCUT2D eigenvalue weighted by atomic mass is 10.3. The Morgan fingerprint density at radius 2 is 2.21 bits per heavy atom. The van der Waals surface area contributed by atoms with Gasteiger partial charge in [0.15, 0.2) is 11.8 Å². The minimum Gasteiger partial charge on any atom is -0.492 e. The maximum absolute atomic E-state index is 5.97. The Morgan fingerprint density at radius 3 is 2.93 bits per heavy atom. The number of guanidine groups is 1. The first-order valence-corrected chi connectivity index (χ1v) is 9.73. The number of likely N-dealkylation sites (N-methyl/N-ethyl adjacent to an activating group) is 1. The predicted octanol–water partition coefficient (Wildman–Crippen LogP) is 3.30. The van der Waals surface area contributed by atoms with Gasteiger partial charge in [-0.1, -0.05) is 22.8 Å². The highest BCUT2D eigenvalue weighted by Gasteiger charge is 2.14. The van der Waals surface area contributed by atoms with Gasteiger partial charge >= 0.3 is 0 Å². The zero-order valence-corrected chi connectivity index (χ0v) is 17.6. The number of nitrogens with one attached hydrogen (secondary N) is 1. The largest absolute Gasteiger partial charge is 0.492 e. The molecule has 0 bridgehead atoms. The van der Waals surface area contributed by atoms with Crippen LogP contribution in [0.3, 0.4) is 0 Å². The van der Waals surface area contributed by atoms with Gasteiger partial charge in [0.1, 0.15) is 25.0 Å². The fraction of sp³-hybridized carbons (Fsp3) is 0.526. The zero-order chi connectivity index (χ0) is 20.4. The van der Waals surface area contributed by atoms with Gasteiger partial charge in [-0.2, -0.15) is 4.98 Å². The summed E-state index contributed by atoms with van der Waals surface area (Å²) in [6.07, 6.45) is -0.203. The molecule has 0 saturated heterocycles. The third-order valence-electron chi connectivity index (χ3n) is 3.82. The van der Waals surface area contributed by atoms with E-state index in [2.05, 4.69) is 20.4 Å². The highest BCUT2D eigenvalue weighted by atomic mass is 35.5. The molecule has 8 nitrogen and oxygen atoms in total. The molecule has 0 spiro atoms. The number of halogens is 1. The Labute approximate surface area is 170 Å². The minimum absolute atomic E-state index is 0.203. The van der Waals surface area contributed by atoms with E-state index in [1.165, 1.54) is 0 Å². The third kappa shape index (κ3) is 7.01. The molecule has 0 aliphatic heterocycles. The number of hydrogen-bond acceptors (Lipinski definition) is 6. The van der Waals surface area contributed by atoms with Crippen LogP contribution in [0, 0.1) is 0 Å². The van der Waals surface area contributed by atoms with Crippen LogP contribution in [0.5, 0.6) is 5.75 Å². The van der Waals surface area contributed by atoms with Crippen molar-refractivity contribution in [2.24, 2.45) is 4.99 Å². The number of ether oxygens (including phenoxy) is 2. The quantitative estimate of drug-likeness (QED) is 0.476. The van der Waals surface area contributed by atoms with Crippen molar-refractivity contribution in [2.45, 2.75) is 33.4 Å². The predicted molar refractivity (Wildman–Crippen MR) is 109 cm³/mol. The van der Waals surface area contributed by atoms with Crippen molar-refractivity contribution >= 4 is 17.6 Å². The monoisotopic (exact) mass is 409 g/mol. The SMILES string of the molecule is CCNC(=NCc1nc(C(C)OCC)no1)N(C)CCOc1cccc(Cl)c1. The minimum atomic E-state index is -0.203. The van der Waals surface area contributed by atoms with E-state index in [-0.39, 0.29) is 12.6 Å². The van der Waals surface area contributed by atoms with Gasteiger partial charge in [0.05, 0.1) is 6.54 Å². The van der Waals surface area contributed by atoms with E-state index in [1.807, 2.05) is 50.9 Å². The summed E-state index contributed by atoms with van der Waals surface area (Å²) in [5.74, 6) is 2.44. The second-order valence-corrected chi connectivity index (χ2v) is 6.48. The van der Waals surface area contributed by atoms with Gasteiger partial charge in [-0.25, -0.2) is 4.99 Å². The Bertz CT molecular complexity index is 753. The van der Waals surface area contributed by atoms with Crippen LogP contribution in [0.15, 0.2) is 33.8 Å². The van der Waals surface area contributed by atoms with Crippen LogP contribution in [0.25, 0.3) is 0 Å². The van der Waals surface area contributed by atoms with Crippen molar-refractivity contribution in [1.82, 2.24) is 20.4 Å². The second kappa shape index (κ2) is 11.5. The van der Waals surface area contributed by atoms with Crippen LogP contribution in [0.1, 0.15) is 38.6 Å². The van der Waals surface area contributed by atoms with Gasteiger partial charge in [0.2, 0.25) is 5.89 Å². The molecule has 0 aliphatic rings. The molecule has 2 rings (SSSR count). The fourth-order valence-corrected chi connectivity index (χ4v) is 2.58. The molecule has 0 amide bonds. The average molecular weight is 410 g/mol. The van der Waals surface area contributed by atoms with Crippen molar-refractivity contribution in [3.63, 3.8) is 0 Å². The number of rotatable bonds is 10. The summed E-state index contributed by atoms with van der Waals surface area (Å²) in [5, 5.41) is 7.84. The highest BCUT2D eigenvalue weighted by molar-refractivity contribution is 6.30. The molecule has 1 aromatic carbocycles. The number of hydrogen-bond donors (Lipinski definition) is 1. The molecule has 1 atom stereocenters. The van der Waals surface area contributed by atoms with Gasteiger partial charge in [-0.15, -0.1) is 0 Å². The first-order chi connectivity index (χ1) is 13.5. The van der Waals surface area contributed by atoms with Crippen LogP contribution >= 0.6 is 11.6 Å². The van der Waals surface area contributed by atoms with Crippen molar-refractivity contribution in [3.05, 3.63) is 41.0 Å². The fourth-order valence-electron chi connectivity index (χ4n) is 2.40. The molecular formula is C19H28ClN5O3. The van der Waals surface area contributed by atoms with E-state index >= 15 is 0 Å². The number of nitrogens with zero attached hydrogens (tertiary/aromatic N) is 4. The lowest BCUT2D eigenvalue weighted by Crippen LogP contribution is -2.40. The Morgan fingerprint density at radius 1 is 1.39 bits per heavy atom. The van der Waals surface area contributed by atoms with Crippen molar-refractivity contribution in [3.8, 4) is 5.75 Å². The van der Waals surface area contributed by atoms with Gasteiger partial charge in [-0.05, 0) is 39.0 Å². The normalized spacial score (nSPS) is 12.7. The van der Waals surface area contributed by atoms with Crippen LogP contribution < -0.4 is 10.1 Å². The highest BCUT2D eigenvalue weighted by Crippen LogP contribution is 2.17. The standard InChI is InChI=1S/C19H28ClN5O3/c1-5-21-19(22-13-17-23-18(24-28-17)14(3)26-6-2)25(4)10-11-27-16-9-7-8-15(20)12-16/h7-9,12,14H,5-6,10-11,13H2,1-4H3,(H,21,22). The maximum Gasteiger partial charge on any atom is 0.248 e. The third-order valence-corrected chi connectivity index (χ3v) is 4.05. The van der Waals surface area contributed by atoms with Gasteiger partial charge in [0, 0.05) is 25.2 Å². The molecule has 0 saturated carbocycles. The number of aromatic nitrogens is 2. The Hall–Kier alpha value is -2.32.